The quantitative estimate of drug-likeness (QED) is 0.681. The van der Waals surface area contributed by atoms with Crippen LogP contribution in [0.4, 0.5) is 0 Å². The summed E-state index contributed by atoms with van der Waals surface area (Å²) in [5, 5.41) is 5.42. The van der Waals surface area contributed by atoms with Crippen LogP contribution in [0.3, 0.4) is 0 Å². The Hall–Kier alpha value is -2.74. The molecule has 0 radical (unpaired) electrons. The summed E-state index contributed by atoms with van der Waals surface area (Å²) in [6.45, 7) is 5.07. The molecule has 0 bridgehead atoms. The molecule has 0 saturated carbocycles. The molecule has 1 amide bonds. The highest BCUT2D eigenvalue weighted by molar-refractivity contribution is 7.13. The highest BCUT2D eigenvalue weighted by atomic mass is 32.1. The summed E-state index contributed by atoms with van der Waals surface area (Å²) in [7, 11) is 1.67. The summed E-state index contributed by atoms with van der Waals surface area (Å²) in [4.78, 5) is 32.7. The SMILES string of the molecule is Cc1nc(C)c(C(=O)N2CCC[C@H](c3nn(C)c(=O)n3-c3ccccc3)C2)s1. The lowest BCUT2D eigenvalue weighted by Gasteiger charge is -2.32. The van der Waals surface area contributed by atoms with Gasteiger partial charge in [-0.05, 0) is 38.8 Å². The molecule has 4 rings (SSSR count). The van der Waals surface area contributed by atoms with E-state index in [1.165, 1.54) is 16.0 Å². The first-order valence-corrected chi connectivity index (χ1v) is 10.2. The second kappa shape index (κ2) is 7.35. The number of likely N-dealkylation sites (tertiary alicyclic amines) is 1. The van der Waals surface area contributed by atoms with E-state index in [1.54, 1.807) is 11.6 Å². The number of para-hydroxylation sites is 1. The number of carbonyl (C=O) groups is 1. The molecule has 1 aliphatic rings. The minimum Gasteiger partial charge on any atom is -0.337 e. The van der Waals surface area contributed by atoms with Gasteiger partial charge in [0.25, 0.3) is 5.91 Å². The van der Waals surface area contributed by atoms with Crippen LogP contribution in [0.5, 0.6) is 0 Å². The van der Waals surface area contributed by atoms with Crippen LogP contribution in [-0.2, 0) is 7.05 Å². The van der Waals surface area contributed by atoms with Gasteiger partial charge in [-0.2, -0.15) is 5.10 Å². The van der Waals surface area contributed by atoms with Gasteiger partial charge in [0.1, 0.15) is 10.7 Å². The molecule has 0 aliphatic carbocycles. The summed E-state index contributed by atoms with van der Waals surface area (Å²) >= 11 is 1.44. The molecule has 146 valence electrons. The van der Waals surface area contributed by atoms with Gasteiger partial charge < -0.3 is 4.90 Å². The molecule has 1 aromatic carbocycles. The smallest absolute Gasteiger partial charge is 0.337 e. The predicted molar refractivity (Wildman–Crippen MR) is 108 cm³/mol. The van der Waals surface area contributed by atoms with Crippen molar-refractivity contribution in [2.75, 3.05) is 13.1 Å². The Bertz CT molecular complexity index is 1070. The molecule has 1 atom stereocenters. The number of thiazole rings is 1. The molecule has 28 heavy (non-hydrogen) atoms. The maximum atomic E-state index is 13.0. The molecule has 1 aliphatic heterocycles. The van der Waals surface area contributed by atoms with Gasteiger partial charge in [-0.15, -0.1) is 11.3 Å². The van der Waals surface area contributed by atoms with E-state index in [9.17, 15) is 9.59 Å². The van der Waals surface area contributed by atoms with Gasteiger partial charge in [-0.25, -0.2) is 19.0 Å². The molecule has 3 heterocycles. The van der Waals surface area contributed by atoms with Crippen LogP contribution < -0.4 is 5.69 Å². The van der Waals surface area contributed by atoms with Crippen molar-refractivity contribution in [1.29, 1.82) is 0 Å². The molecule has 8 heteroatoms. The number of amides is 1. The Balaban J connectivity index is 1.66. The molecule has 0 spiro atoms. The van der Waals surface area contributed by atoms with Crippen molar-refractivity contribution < 1.29 is 4.79 Å². The second-order valence-corrected chi connectivity index (χ2v) is 8.38. The molecule has 3 aromatic rings. The number of carbonyl (C=O) groups excluding carboxylic acids is 1. The highest BCUT2D eigenvalue weighted by Crippen LogP contribution is 2.29. The molecule has 0 unspecified atom stereocenters. The first-order chi connectivity index (χ1) is 13.5. The average Bonchev–Trinajstić information content (AvgIpc) is 3.20. The minimum atomic E-state index is -0.168. The van der Waals surface area contributed by atoms with E-state index in [0.29, 0.717) is 23.8 Å². The number of hydrogen-bond acceptors (Lipinski definition) is 5. The van der Waals surface area contributed by atoms with E-state index in [-0.39, 0.29) is 17.5 Å². The summed E-state index contributed by atoms with van der Waals surface area (Å²) in [6, 6.07) is 9.54. The third-order valence-corrected chi connectivity index (χ3v) is 6.20. The zero-order chi connectivity index (χ0) is 19.8. The topological polar surface area (TPSA) is 73.0 Å². The van der Waals surface area contributed by atoms with Crippen molar-refractivity contribution in [3.05, 3.63) is 62.2 Å². The molecule has 1 fully saturated rings. The number of aryl methyl sites for hydroxylation is 3. The molecule has 1 saturated heterocycles. The number of nitrogens with zero attached hydrogens (tertiary/aromatic N) is 5. The Kier molecular flexibility index (Phi) is 4.89. The zero-order valence-electron chi connectivity index (χ0n) is 16.3. The average molecular weight is 398 g/mol. The fourth-order valence-electron chi connectivity index (χ4n) is 3.81. The van der Waals surface area contributed by atoms with Crippen LogP contribution in [-0.4, -0.2) is 43.2 Å². The number of rotatable bonds is 3. The van der Waals surface area contributed by atoms with Gasteiger partial charge >= 0.3 is 5.69 Å². The van der Waals surface area contributed by atoms with E-state index in [2.05, 4.69) is 10.1 Å². The van der Waals surface area contributed by atoms with Crippen LogP contribution in [0.2, 0.25) is 0 Å². The fraction of sp³-hybridized carbons (Fsp3) is 0.400. The van der Waals surface area contributed by atoms with E-state index in [1.807, 2.05) is 49.1 Å². The largest absolute Gasteiger partial charge is 0.350 e. The highest BCUT2D eigenvalue weighted by Gasteiger charge is 2.31. The third-order valence-electron chi connectivity index (χ3n) is 5.14. The minimum absolute atomic E-state index is 0.0149. The van der Waals surface area contributed by atoms with Gasteiger partial charge in [-0.3, -0.25) is 4.79 Å². The van der Waals surface area contributed by atoms with Gasteiger partial charge in [0.15, 0.2) is 0 Å². The molecular formula is C20H23N5O2S. The molecular weight excluding hydrogens is 374 g/mol. The van der Waals surface area contributed by atoms with E-state index in [4.69, 9.17) is 0 Å². The molecule has 7 nitrogen and oxygen atoms in total. The van der Waals surface area contributed by atoms with Crippen LogP contribution in [0, 0.1) is 13.8 Å². The lowest BCUT2D eigenvalue weighted by molar-refractivity contribution is 0.0708. The standard InChI is InChI=1S/C20H23N5O2S/c1-13-17(28-14(2)21-13)19(26)24-11-7-8-15(12-24)18-22-23(3)20(27)25(18)16-9-5-4-6-10-16/h4-6,9-10,15H,7-8,11-12H2,1-3H3/t15-/m0/s1. The second-order valence-electron chi connectivity index (χ2n) is 7.17. The summed E-state index contributed by atoms with van der Waals surface area (Å²) < 4.78 is 3.04. The van der Waals surface area contributed by atoms with Crippen molar-refractivity contribution in [3.63, 3.8) is 0 Å². The predicted octanol–water partition coefficient (Wildman–Crippen LogP) is 2.66. The first kappa shape index (κ1) is 18.6. The Morgan fingerprint density at radius 1 is 1.21 bits per heavy atom. The van der Waals surface area contributed by atoms with Crippen LogP contribution in [0.1, 0.15) is 45.0 Å². The van der Waals surface area contributed by atoms with Crippen molar-refractivity contribution in [2.24, 2.45) is 7.05 Å². The Labute approximate surface area is 167 Å². The number of hydrogen-bond donors (Lipinski definition) is 0. The lowest BCUT2D eigenvalue weighted by atomic mass is 9.96. The van der Waals surface area contributed by atoms with Crippen molar-refractivity contribution >= 4 is 17.2 Å². The Morgan fingerprint density at radius 3 is 2.64 bits per heavy atom. The van der Waals surface area contributed by atoms with Gasteiger partial charge in [0, 0.05) is 26.1 Å². The third kappa shape index (κ3) is 3.28. The zero-order valence-corrected chi connectivity index (χ0v) is 17.1. The van der Waals surface area contributed by atoms with E-state index >= 15 is 0 Å². The van der Waals surface area contributed by atoms with Crippen molar-refractivity contribution in [1.82, 2.24) is 24.2 Å². The lowest BCUT2D eigenvalue weighted by Crippen LogP contribution is -2.40. The number of benzene rings is 1. The molecule has 0 N–H and O–H groups in total. The van der Waals surface area contributed by atoms with E-state index in [0.717, 1.165) is 29.2 Å². The van der Waals surface area contributed by atoms with Gasteiger partial charge in [0.2, 0.25) is 0 Å². The summed E-state index contributed by atoms with van der Waals surface area (Å²) in [5.41, 5.74) is 1.42. The van der Waals surface area contributed by atoms with E-state index < -0.39 is 0 Å². The normalized spacial score (nSPS) is 17.1. The first-order valence-electron chi connectivity index (χ1n) is 9.40. The maximum Gasteiger partial charge on any atom is 0.350 e. The van der Waals surface area contributed by atoms with Crippen LogP contribution >= 0.6 is 11.3 Å². The van der Waals surface area contributed by atoms with Gasteiger partial charge in [-0.1, -0.05) is 18.2 Å². The Morgan fingerprint density at radius 2 is 1.96 bits per heavy atom. The number of aromatic nitrogens is 4. The van der Waals surface area contributed by atoms with Gasteiger partial charge in [0.05, 0.1) is 16.4 Å². The fourth-order valence-corrected chi connectivity index (χ4v) is 4.70. The maximum absolute atomic E-state index is 13.0. The number of piperidine rings is 1. The monoisotopic (exact) mass is 397 g/mol. The van der Waals surface area contributed by atoms with Crippen LogP contribution in [0.25, 0.3) is 5.69 Å². The van der Waals surface area contributed by atoms with Crippen molar-refractivity contribution in [3.8, 4) is 5.69 Å². The molecule has 2 aromatic heterocycles. The van der Waals surface area contributed by atoms with Crippen molar-refractivity contribution in [2.45, 2.75) is 32.6 Å². The summed E-state index contributed by atoms with van der Waals surface area (Å²) in [5.74, 6) is 0.756. The summed E-state index contributed by atoms with van der Waals surface area (Å²) in [6.07, 6.45) is 1.78. The van der Waals surface area contributed by atoms with Crippen LogP contribution in [0.15, 0.2) is 35.1 Å².